The summed E-state index contributed by atoms with van der Waals surface area (Å²) in [5, 5.41) is 6.48. The second kappa shape index (κ2) is 9.39. The summed E-state index contributed by atoms with van der Waals surface area (Å²) in [5.74, 6) is -0.295. The number of halogens is 1. The Labute approximate surface area is 165 Å². The lowest BCUT2D eigenvalue weighted by Gasteiger charge is -2.30. The summed E-state index contributed by atoms with van der Waals surface area (Å²) in [7, 11) is 0. The first-order valence-electron chi connectivity index (χ1n) is 10.1. The molecule has 6 nitrogen and oxygen atoms in total. The minimum atomic E-state index is -0.509. The number of piperidine rings is 1. The van der Waals surface area contributed by atoms with Crippen molar-refractivity contribution >= 4 is 5.97 Å². The van der Waals surface area contributed by atoms with Crippen LogP contribution in [0.15, 0.2) is 29.6 Å². The molecule has 0 bridgehead atoms. The third kappa shape index (κ3) is 5.23. The van der Waals surface area contributed by atoms with Gasteiger partial charge in [-0.15, -0.1) is 0 Å². The van der Waals surface area contributed by atoms with Gasteiger partial charge >= 0.3 is 5.97 Å². The van der Waals surface area contributed by atoms with E-state index in [9.17, 15) is 9.18 Å². The molecule has 154 valence electrons. The van der Waals surface area contributed by atoms with E-state index in [2.05, 4.69) is 10.6 Å². The van der Waals surface area contributed by atoms with Gasteiger partial charge in [-0.1, -0.05) is 12.1 Å². The lowest BCUT2D eigenvalue weighted by molar-refractivity contribution is -0.139. The van der Waals surface area contributed by atoms with Crippen LogP contribution in [0.2, 0.25) is 0 Å². The van der Waals surface area contributed by atoms with Gasteiger partial charge in [0.15, 0.2) is 0 Å². The predicted molar refractivity (Wildman–Crippen MR) is 107 cm³/mol. The number of benzene rings is 1. The molecule has 1 unspecified atom stereocenters. The van der Waals surface area contributed by atoms with E-state index < -0.39 is 12.0 Å². The van der Waals surface area contributed by atoms with Crippen molar-refractivity contribution in [3.8, 4) is 0 Å². The Balaban J connectivity index is 1.67. The van der Waals surface area contributed by atoms with E-state index in [4.69, 9.17) is 16.2 Å². The fourth-order valence-corrected chi connectivity index (χ4v) is 3.70. The Morgan fingerprint density at radius 1 is 1.32 bits per heavy atom. The highest BCUT2D eigenvalue weighted by Gasteiger charge is 2.32. The van der Waals surface area contributed by atoms with Gasteiger partial charge in [0.05, 0.1) is 12.2 Å². The first kappa shape index (κ1) is 20.6. The lowest BCUT2D eigenvalue weighted by Crippen LogP contribution is -2.44. The number of ether oxygens (including phenoxy) is 1. The molecule has 0 spiro atoms. The van der Waals surface area contributed by atoms with Crippen molar-refractivity contribution < 1.29 is 13.9 Å². The highest BCUT2D eigenvalue weighted by Crippen LogP contribution is 2.25. The molecule has 0 aromatic heterocycles. The van der Waals surface area contributed by atoms with Gasteiger partial charge < -0.3 is 26.8 Å². The fraction of sp³-hybridized carbons (Fsp3) is 0.571. The topological polar surface area (TPSA) is 102 Å². The van der Waals surface area contributed by atoms with Crippen molar-refractivity contribution in [2.24, 2.45) is 17.4 Å². The van der Waals surface area contributed by atoms with E-state index in [0.29, 0.717) is 29.4 Å². The van der Waals surface area contributed by atoms with Gasteiger partial charge in [-0.25, -0.2) is 9.18 Å². The third-order valence-corrected chi connectivity index (χ3v) is 5.61. The second-order valence-electron chi connectivity index (χ2n) is 7.78. The molecule has 1 aromatic carbocycles. The maximum absolute atomic E-state index is 14.0. The SMILES string of the molecule is Cc1cccc(F)c1CCOC(=O)/C(=C(\N)NC1CC1)C(N)C1CCNCC1. The van der Waals surface area contributed by atoms with Gasteiger partial charge in [0, 0.05) is 18.5 Å². The van der Waals surface area contributed by atoms with Crippen LogP contribution in [0.3, 0.4) is 0 Å². The summed E-state index contributed by atoms with van der Waals surface area (Å²) >= 11 is 0. The normalized spacial score (nSPS) is 19.7. The summed E-state index contributed by atoms with van der Waals surface area (Å²) in [6, 6.07) is 4.76. The minimum Gasteiger partial charge on any atom is -0.462 e. The van der Waals surface area contributed by atoms with Crippen LogP contribution in [0.1, 0.15) is 36.8 Å². The molecule has 7 heteroatoms. The first-order valence-corrected chi connectivity index (χ1v) is 10.1. The standard InChI is InChI=1S/C21H31FN4O2/c1-13-3-2-4-17(22)16(13)9-12-28-21(27)18(20(24)26-15-5-6-15)19(23)14-7-10-25-11-8-14/h2-4,14-15,19,25-26H,5-12,23-24H2,1H3/b20-18+. The zero-order valence-electron chi connectivity index (χ0n) is 16.5. The molecule has 1 saturated heterocycles. The van der Waals surface area contributed by atoms with Crippen molar-refractivity contribution in [3.63, 3.8) is 0 Å². The molecule has 6 N–H and O–H groups in total. The average molecular weight is 391 g/mol. The van der Waals surface area contributed by atoms with Crippen molar-refractivity contribution in [1.29, 1.82) is 0 Å². The number of nitrogens with two attached hydrogens (primary N) is 2. The Morgan fingerprint density at radius 3 is 2.68 bits per heavy atom. The van der Waals surface area contributed by atoms with Gasteiger partial charge in [-0.05, 0) is 68.8 Å². The maximum Gasteiger partial charge on any atom is 0.339 e. The quantitative estimate of drug-likeness (QED) is 0.396. The number of aryl methyl sites for hydroxylation is 1. The van der Waals surface area contributed by atoms with E-state index in [-0.39, 0.29) is 18.3 Å². The van der Waals surface area contributed by atoms with Crippen LogP contribution in [0.5, 0.6) is 0 Å². The highest BCUT2D eigenvalue weighted by atomic mass is 19.1. The van der Waals surface area contributed by atoms with Crippen LogP contribution >= 0.6 is 0 Å². The summed E-state index contributed by atoms with van der Waals surface area (Å²) in [6.07, 6.45) is 4.18. The predicted octanol–water partition coefficient (Wildman–Crippen LogP) is 1.47. The monoisotopic (exact) mass is 390 g/mol. The van der Waals surface area contributed by atoms with Crippen LogP contribution in [0.25, 0.3) is 0 Å². The van der Waals surface area contributed by atoms with Crippen LogP contribution in [0, 0.1) is 18.7 Å². The number of hydrogen-bond acceptors (Lipinski definition) is 6. The molecule has 2 aliphatic rings. The molecule has 1 saturated carbocycles. The number of nitrogens with one attached hydrogen (secondary N) is 2. The van der Waals surface area contributed by atoms with Crippen molar-refractivity contribution in [1.82, 2.24) is 10.6 Å². The van der Waals surface area contributed by atoms with Gasteiger partial charge in [0.2, 0.25) is 0 Å². The Kier molecular flexibility index (Phi) is 6.91. The zero-order valence-corrected chi connectivity index (χ0v) is 16.5. The molecule has 1 heterocycles. The summed E-state index contributed by atoms with van der Waals surface area (Å²) in [6.45, 7) is 3.68. The number of carbonyl (C=O) groups is 1. The Bertz CT molecular complexity index is 707. The van der Waals surface area contributed by atoms with Gasteiger partial charge in [0.25, 0.3) is 0 Å². The van der Waals surface area contributed by atoms with Crippen LogP contribution in [-0.2, 0) is 16.0 Å². The van der Waals surface area contributed by atoms with E-state index in [1.807, 2.05) is 13.0 Å². The smallest absolute Gasteiger partial charge is 0.339 e. The Morgan fingerprint density at radius 2 is 2.04 bits per heavy atom. The molecular formula is C21H31FN4O2. The summed E-state index contributed by atoms with van der Waals surface area (Å²) in [5.41, 5.74) is 14.4. The van der Waals surface area contributed by atoms with Crippen LogP contribution < -0.4 is 22.1 Å². The van der Waals surface area contributed by atoms with E-state index in [1.54, 1.807) is 6.07 Å². The average Bonchev–Trinajstić information content (AvgIpc) is 3.49. The summed E-state index contributed by atoms with van der Waals surface area (Å²) in [4.78, 5) is 12.8. The lowest BCUT2D eigenvalue weighted by atomic mass is 9.86. The van der Waals surface area contributed by atoms with Crippen molar-refractivity contribution in [2.75, 3.05) is 19.7 Å². The molecule has 2 fully saturated rings. The number of rotatable bonds is 8. The number of carbonyl (C=O) groups excluding carboxylic acids is 1. The fourth-order valence-electron chi connectivity index (χ4n) is 3.70. The molecule has 1 aliphatic carbocycles. The molecule has 0 radical (unpaired) electrons. The van der Waals surface area contributed by atoms with Gasteiger partial charge in [-0.3, -0.25) is 0 Å². The second-order valence-corrected chi connectivity index (χ2v) is 7.78. The molecule has 28 heavy (non-hydrogen) atoms. The number of hydrogen-bond donors (Lipinski definition) is 4. The van der Waals surface area contributed by atoms with E-state index in [0.717, 1.165) is 44.3 Å². The van der Waals surface area contributed by atoms with Crippen LogP contribution in [-0.4, -0.2) is 37.7 Å². The number of esters is 1. The molecule has 0 amide bonds. The van der Waals surface area contributed by atoms with Crippen molar-refractivity contribution in [3.05, 3.63) is 46.5 Å². The molecule has 1 aromatic rings. The molecule has 3 rings (SSSR count). The van der Waals surface area contributed by atoms with Crippen LogP contribution in [0.4, 0.5) is 4.39 Å². The zero-order chi connectivity index (χ0) is 20.1. The van der Waals surface area contributed by atoms with E-state index >= 15 is 0 Å². The maximum atomic E-state index is 14.0. The van der Waals surface area contributed by atoms with Crippen molar-refractivity contribution in [2.45, 2.75) is 51.1 Å². The largest absolute Gasteiger partial charge is 0.462 e. The third-order valence-electron chi connectivity index (χ3n) is 5.61. The van der Waals surface area contributed by atoms with E-state index in [1.165, 1.54) is 6.07 Å². The summed E-state index contributed by atoms with van der Waals surface area (Å²) < 4.78 is 19.5. The first-order chi connectivity index (χ1) is 13.5. The minimum absolute atomic E-state index is 0.0831. The molecule has 1 aliphatic heterocycles. The van der Waals surface area contributed by atoms with Gasteiger partial charge in [0.1, 0.15) is 11.6 Å². The van der Waals surface area contributed by atoms with Gasteiger partial charge in [-0.2, -0.15) is 0 Å². The molecule has 1 atom stereocenters. The molecular weight excluding hydrogens is 359 g/mol. The Hall–Kier alpha value is -2.12. The highest BCUT2D eigenvalue weighted by molar-refractivity contribution is 5.90.